The lowest BCUT2D eigenvalue weighted by Crippen LogP contribution is -2.40. The molecule has 1 atom stereocenters. The van der Waals surface area contributed by atoms with Crippen LogP contribution in [0.5, 0.6) is 0 Å². The third-order valence-electron chi connectivity index (χ3n) is 3.37. The number of hydrogen-bond donors (Lipinski definition) is 2. The molecule has 2 aromatic rings. The maximum atomic E-state index is 4.16. The van der Waals surface area contributed by atoms with Gasteiger partial charge < -0.3 is 4.98 Å². The average molecular weight is 216 g/mol. The summed E-state index contributed by atoms with van der Waals surface area (Å²) in [4.78, 5) is 7.63. The molecule has 2 aromatic heterocycles. The number of fused-ring (bicyclic) bond motifs is 3. The van der Waals surface area contributed by atoms with Crippen LogP contribution in [-0.2, 0) is 6.54 Å². The van der Waals surface area contributed by atoms with Crippen molar-refractivity contribution in [3.8, 4) is 0 Å². The van der Waals surface area contributed by atoms with Gasteiger partial charge in [0.25, 0.3) is 0 Å². The summed E-state index contributed by atoms with van der Waals surface area (Å²) in [7, 11) is 1.97. The first kappa shape index (κ1) is 9.81. The zero-order valence-corrected chi connectivity index (χ0v) is 9.62. The van der Waals surface area contributed by atoms with Gasteiger partial charge in [-0.3, -0.25) is 10.4 Å². The average Bonchev–Trinajstić information content (AvgIpc) is 2.67. The summed E-state index contributed by atoms with van der Waals surface area (Å²) in [5, 5.41) is 3.56. The molecule has 0 amide bonds. The predicted molar refractivity (Wildman–Crippen MR) is 64.0 cm³/mol. The molecule has 0 saturated heterocycles. The minimum atomic E-state index is 0.548. The fourth-order valence-corrected chi connectivity index (χ4v) is 2.66. The third kappa shape index (κ3) is 1.34. The Morgan fingerprint density at radius 2 is 2.44 bits per heavy atom. The lowest BCUT2D eigenvalue weighted by Gasteiger charge is -2.30. The second-order valence-electron chi connectivity index (χ2n) is 4.44. The van der Waals surface area contributed by atoms with E-state index in [1.54, 1.807) is 0 Å². The van der Waals surface area contributed by atoms with Gasteiger partial charge in [0.05, 0.1) is 18.3 Å². The minimum Gasteiger partial charge on any atom is -0.356 e. The fraction of sp³-hybridized carbons (Fsp3) is 0.417. The molecule has 1 aliphatic rings. The van der Waals surface area contributed by atoms with Crippen LogP contribution in [0.15, 0.2) is 18.5 Å². The molecule has 0 aliphatic carbocycles. The van der Waals surface area contributed by atoms with E-state index in [9.17, 15) is 0 Å². The molecule has 1 unspecified atom stereocenters. The lowest BCUT2D eigenvalue weighted by molar-refractivity contribution is 0.172. The molecule has 16 heavy (non-hydrogen) atoms. The van der Waals surface area contributed by atoms with E-state index < -0.39 is 0 Å². The fourth-order valence-electron chi connectivity index (χ4n) is 2.66. The minimum absolute atomic E-state index is 0.548. The van der Waals surface area contributed by atoms with Crippen molar-refractivity contribution in [2.75, 3.05) is 13.6 Å². The van der Waals surface area contributed by atoms with Crippen molar-refractivity contribution in [2.24, 2.45) is 0 Å². The SMILES string of the molecule is CNN1Cc2[nH]c3cnccc3c2C(C)C1. The summed E-state index contributed by atoms with van der Waals surface area (Å²) >= 11 is 0. The van der Waals surface area contributed by atoms with E-state index >= 15 is 0 Å². The molecule has 0 saturated carbocycles. The zero-order chi connectivity index (χ0) is 11.1. The Balaban J connectivity index is 2.17. The highest BCUT2D eigenvalue weighted by Crippen LogP contribution is 2.33. The second-order valence-corrected chi connectivity index (χ2v) is 4.44. The molecule has 84 valence electrons. The summed E-state index contributed by atoms with van der Waals surface area (Å²) in [6, 6.07) is 2.11. The van der Waals surface area contributed by atoms with Gasteiger partial charge in [0.15, 0.2) is 0 Å². The van der Waals surface area contributed by atoms with Crippen molar-refractivity contribution in [3.05, 3.63) is 29.7 Å². The maximum absolute atomic E-state index is 4.16. The van der Waals surface area contributed by atoms with E-state index in [0.29, 0.717) is 5.92 Å². The van der Waals surface area contributed by atoms with E-state index in [-0.39, 0.29) is 0 Å². The molecule has 3 heterocycles. The van der Waals surface area contributed by atoms with E-state index in [1.807, 2.05) is 19.4 Å². The highest BCUT2D eigenvalue weighted by molar-refractivity contribution is 5.84. The van der Waals surface area contributed by atoms with Crippen molar-refractivity contribution in [1.82, 2.24) is 20.4 Å². The van der Waals surface area contributed by atoms with Gasteiger partial charge in [0.2, 0.25) is 0 Å². The Morgan fingerprint density at radius 3 is 3.25 bits per heavy atom. The molecule has 0 bridgehead atoms. The number of nitrogens with zero attached hydrogens (tertiary/aromatic N) is 2. The number of pyridine rings is 1. The summed E-state index contributed by atoms with van der Waals surface area (Å²) < 4.78 is 0. The number of nitrogens with one attached hydrogen (secondary N) is 2. The Hall–Kier alpha value is -1.39. The number of rotatable bonds is 1. The van der Waals surface area contributed by atoms with Gasteiger partial charge in [-0.05, 0) is 24.6 Å². The van der Waals surface area contributed by atoms with E-state index in [2.05, 4.69) is 33.4 Å². The molecule has 0 fully saturated rings. The third-order valence-corrected chi connectivity index (χ3v) is 3.37. The maximum Gasteiger partial charge on any atom is 0.0645 e. The van der Waals surface area contributed by atoms with Gasteiger partial charge in [-0.25, -0.2) is 5.01 Å². The van der Waals surface area contributed by atoms with Crippen LogP contribution in [-0.4, -0.2) is 28.6 Å². The molecule has 0 spiro atoms. The van der Waals surface area contributed by atoms with E-state index in [1.165, 1.54) is 16.6 Å². The van der Waals surface area contributed by atoms with Crippen molar-refractivity contribution in [1.29, 1.82) is 0 Å². The summed E-state index contributed by atoms with van der Waals surface area (Å²) in [6.07, 6.45) is 3.78. The topological polar surface area (TPSA) is 44.0 Å². The smallest absolute Gasteiger partial charge is 0.0645 e. The molecular formula is C12H16N4. The second kappa shape index (κ2) is 3.57. The van der Waals surface area contributed by atoms with Crippen LogP contribution < -0.4 is 5.43 Å². The molecular weight excluding hydrogens is 200 g/mol. The Morgan fingerprint density at radius 1 is 1.56 bits per heavy atom. The normalized spacial score (nSPS) is 21.2. The van der Waals surface area contributed by atoms with Gasteiger partial charge in [-0.1, -0.05) is 6.92 Å². The number of H-pyrrole nitrogens is 1. The zero-order valence-electron chi connectivity index (χ0n) is 9.62. The monoisotopic (exact) mass is 216 g/mol. The molecule has 2 N–H and O–H groups in total. The standard InChI is InChI=1S/C12H16N4/c1-8-6-16(13-2)7-11-12(8)9-3-4-14-5-10(9)15-11/h3-5,8,13,15H,6-7H2,1-2H3. The molecule has 4 nitrogen and oxygen atoms in total. The molecule has 0 aromatic carbocycles. The van der Waals surface area contributed by atoms with Gasteiger partial charge >= 0.3 is 0 Å². The number of hydrazine groups is 1. The van der Waals surface area contributed by atoms with Crippen LogP contribution in [0, 0.1) is 0 Å². The molecule has 1 aliphatic heterocycles. The first-order valence-corrected chi connectivity index (χ1v) is 5.66. The van der Waals surface area contributed by atoms with Gasteiger partial charge in [-0.2, -0.15) is 0 Å². The first-order valence-electron chi connectivity index (χ1n) is 5.66. The molecule has 0 radical (unpaired) electrons. The molecule has 3 rings (SSSR count). The number of hydrogen-bond acceptors (Lipinski definition) is 3. The van der Waals surface area contributed by atoms with Crippen molar-refractivity contribution in [3.63, 3.8) is 0 Å². The molecule has 4 heteroatoms. The quantitative estimate of drug-likeness (QED) is 0.761. The summed E-state index contributed by atoms with van der Waals surface area (Å²) in [6.45, 7) is 4.26. The summed E-state index contributed by atoms with van der Waals surface area (Å²) in [5.74, 6) is 0.548. The van der Waals surface area contributed by atoms with Crippen LogP contribution in [0.4, 0.5) is 0 Å². The van der Waals surface area contributed by atoms with E-state index in [0.717, 1.165) is 18.6 Å². The highest BCUT2D eigenvalue weighted by atomic mass is 15.5. The van der Waals surface area contributed by atoms with Crippen molar-refractivity contribution in [2.45, 2.75) is 19.4 Å². The van der Waals surface area contributed by atoms with Crippen LogP contribution in [0.2, 0.25) is 0 Å². The Kier molecular flexibility index (Phi) is 2.19. The first-order chi connectivity index (χ1) is 7.79. The van der Waals surface area contributed by atoms with Gasteiger partial charge in [0, 0.05) is 23.8 Å². The predicted octanol–water partition coefficient (Wildman–Crippen LogP) is 1.62. The van der Waals surface area contributed by atoms with Crippen molar-refractivity contribution < 1.29 is 0 Å². The van der Waals surface area contributed by atoms with Crippen LogP contribution in [0.3, 0.4) is 0 Å². The highest BCUT2D eigenvalue weighted by Gasteiger charge is 2.25. The van der Waals surface area contributed by atoms with Crippen LogP contribution in [0.1, 0.15) is 24.1 Å². The largest absolute Gasteiger partial charge is 0.356 e. The summed E-state index contributed by atoms with van der Waals surface area (Å²) in [5.41, 5.74) is 7.15. The van der Waals surface area contributed by atoms with Crippen molar-refractivity contribution >= 4 is 10.9 Å². The lowest BCUT2D eigenvalue weighted by atomic mass is 9.95. The van der Waals surface area contributed by atoms with E-state index in [4.69, 9.17) is 0 Å². The van der Waals surface area contributed by atoms with Crippen LogP contribution >= 0.6 is 0 Å². The van der Waals surface area contributed by atoms with Gasteiger partial charge in [-0.15, -0.1) is 0 Å². The van der Waals surface area contributed by atoms with Crippen LogP contribution in [0.25, 0.3) is 10.9 Å². The number of aromatic nitrogens is 2. The Labute approximate surface area is 94.6 Å². The van der Waals surface area contributed by atoms with Gasteiger partial charge in [0.1, 0.15) is 0 Å². The number of aromatic amines is 1. The Bertz CT molecular complexity index is 517.